The predicted molar refractivity (Wildman–Crippen MR) is 79.7 cm³/mol. The summed E-state index contributed by atoms with van der Waals surface area (Å²) in [4.78, 5) is 4.51. The van der Waals surface area contributed by atoms with Crippen LogP contribution in [-0.2, 0) is 6.54 Å². The van der Waals surface area contributed by atoms with Gasteiger partial charge >= 0.3 is 0 Å². The minimum atomic E-state index is 0.925. The minimum Gasteiger partial charge on any atom is -0.325 e. The maximum absolute atomic E-state index is 4.51. The van der Waals surface area contributed by atoms with Crippen LogP contribution >= 0.6 is 22.6 Å². The predicted octanol–water partition coefficient (Wildman–Crippen LogP) is 3.95. The van der Waals surface area contributed by atoms with Gasteiger partial charge in [-0.2, -0.15) is 0 Å². The molecule has 2 rings (SSSR count). The lowest BCUT2D eigenvalue weighted by Crippen LogP contribution is -2.03. The van der Waals surface area contributed by atoms with Crippen molar-refractivity contribution in [3.05, 3.63) is 39.7 Å². The number of rotatable bonds is 4. The number of benzene rings is 1. The first-order valence-electron chi connectivity index (χ1n) is 5.76. The molecule has 0 fully saturated rings. The quantitative estimate of drug-likeness (QED) is 0.854. The molecule has 17 heavy (non-hydrogen) atoms. The van der Waals surface area contributed by atoms with Crippen molar-refractivity contribution in [3.63, 3.8) is 0 Å². The highest BCUT2D eigenvalue weighted by Gasteiger charge is 2.06. The topological polar surface area (TPSA) is 29.9 Å². The fraction of sp³-hybridized carbons (Fsp3) is 0.308. The minimum absolute atomic E-state index is 0.925. The van der Waals surface area contributed by atoms with E-state index in [-0.39, 0.29) is 0 Å². The van der Waals surface area contributed by atoms with E-state index in [1.54, 1.807) is 0 Å². The van der Waals surface area contributed by atoms with E-state index in [1.807, 2.05) is 19.1 Å². The van der Waals surface area contributed by atoms with E-state index in [4.69, 9.17) is 0 Å². The van der Waals surface area contributed by atoms with Crippen LogP contribution in [0.25, 0.3) is 0 Å². The zero-order valence-electron chi connectivity index (χ0n) is 10.1. The van der Waals surface area contributed by atoms with Crippen LogP contribution in [0.5, 0.6) is 0 Å². The van der Waals surface area contributed by atoms with E-state index in [9.17, 15) is 0 Å². The van der Waals surface area contributed by atoms with Crippen molar-refractivity contribution < 1.29 is 0 Å². The normalized spacial score (nSPS) is 10.5. The van der Waals surface area contributed by atoms with Gasteiger partial charge in [0.1, 0.15) is 0 Å². The number of aryl methyl sites for hydroxylation is 2. The monoisotopic (exact) mass is 341 g/mol. The fourth-order valence-corrected chi connectivity index (χ4v) is 2.26. The second kappa shape index (κ2) is 5.53. The van der Waals surface area contributed by atoms with Crippen LogP contribution in [0.4, 0.5) is 11.6 Å². The maximum Gasteiger partial charge on any atom is 0.207 e. The highest BCUT2D eigenvalue weighted by Crippen LogP contribution is 2.22. The SMILES string of the molecule is CCCn1cc(C)nc1Nc1ccccc1I. The molecule has 1 aromatic carbocycles. The van der Waals surface area contributed by atoms with Gasteiger partial charge in [0, 0.05) is 16.3 Å². The number of nitrogens with one attached hydrogen (secondary N) is 1. The molecular formula is C13H16IN3. The van der Waals surface area contributed by atoms with Gasteiger partial charge in [-0.1, -0.05) is 19.1 Å². The number of hydrogen-bond acceptors (Lipinski definition) is 2. The van der Waals surface area contributed by atoms with Gasteiger partial charge in [-0.25, -0.2) is 4.98 Å². The van der Waals surface area contributed by atoms with Gasteiger partial charge in [-0.05, 0) is 48.1 Å². The number of hydrogen-bond donors (Lipinski definition) is 1. The molecule has 0 amide bonds. The second-order valence-electron chi connectivity index (χ2n) is 4.00. The Kier molecular flexibility index (Phi) is 4.04. The summed E-state index contributed by atoms with van der Waals surface area (Å²) in [5.41, 5.74) is 2.16. The third-order valence-corrected chi connectivity index (χ3v) is 3.42. The summed E-state index contributed by atoms with van der Waals surface area (Å²) in [5, 5.41) is 3.39. The summed E-state index contributed by atoms with van der Waals surface area (Å²) in [6.07, 6.45) is 3.19. The number of anilines is 2. The molecule has 0 aliphatic rings. The van der Waals surface area contributed by atoms with E-state index >= 15 is 0 Å². The van der Waals surface area contributed by atoms with Crippen molar-refractivity contribution in [2.75, 3.05) is 5.32 Å². The lowest BCUT2D eigenvalue weighted by Gasteiger charge is -2.09. The molecular weight excluding hydrogens is 325 g/mol. The van der Waals surface area contributed by atoms with Crippen molar-refractivity contribution in [3.8, 4) is 0 Å². The number of imidazole rings is 1. The molecule has 0 saturated heterocycles. The number of halogens is 1. The van der Waals surface area contributed by atoms with Gasteiger partial charge in [0.05, 0.1) is 11.4 Å². The highest BCUT2D eigenvalue weighted by atomic mass is 127. The van der Waals surface area contributed by atoms with Gasteiger partial charge < -0.3 is 9.88 Å². The summed E-state index contributed by atoms with van der Waals surface area (Å²) in [6, 6.07) is 8.23. The van der Waals surface area contributed by atoms with E-state index in [1.165, 1.54) is 3.57 Å². The molecule has 1 heterocycles. The summed E-state index contributed by atoms with van der Waals surface area (Å²) < 4.78 is 3.37. The van der Waals surface area contributed by atoms with Crippen LogP contribution in [0.2, 0.25) is 0 Å². The molecule has 4 heteroatoms. The molecule has 0 aliphatic carbocycles. The molecule has 1 aromatic heterocycles. The van der Waals surface area contributed by atoms with Crippen molar-refractivity contribution in [2.45, 2.75) is 26.8 Å². The van der Waals surface area contributed by atoms with Crippen LogP contribution in [-0.4, -0.2) is 9.55 Å². The molecule has 0 atom stereocenters. The van der Waals surface area contributed by atoms with Gasteiger partial charge in [-0.3, -0.25) is 0 Å². The molecule has 0 saturated carbocycles. The zero-order valence-corrected chi connectivity index (χ0v) is 12.2. The van der Waals surface area contributed by atoms with Crippen LogP contribution in [0.3, 0.4) is 0 Å². The lowest BCUT2D eigenvalue weighted by atomic mass is 10.3. The molecule has 90 valence electrons. The van der Waals surface area contributed by atoms with E-state index in [0.717, 1.165) is 30.3 Å². The smallest absolute Gasteiger partial charge is 0.207 e. The largest absolute Gasteiger partial charge is 0.325 e. The van der Waals surface area contributed by atoms with Crippen molar-refractivity contribution in [1.82, 2.24) is 9.55 Å². The summed E-state index contributed by atoms with van der Waals surface area (Å²) in [6.45, 7) is 5.19. The van der Waals surface area contributed by atoms with Gasteiger partial charge in [0.25, 0.3) is 0 Å². The Morgan fingerprint density at radius 3 is 2.82 bits per heavy atom. The lowest BCUT2D eigenvalue weighted by molar-refractivity contribution is 0.686. The molecule has 3 nitrogen and oxygen atoms in total. The Bertz CT molecular complexity index is 505. The van der Waals surface area contributed by atoms with E-state index in [2.05, 4.69) is 62.7 Å². The van der Waals surface area contributed by atoms with Crippen molar-refractivity contribution in [2.24, 2.45) is 0 Å². The summed E-state index contributed by atoms with van der Waals surface area (Å²) in [7, 11) is 0. The first kappa shape index (κ1) is 12.4. The Hall–Kier alpha value is -1.04. The molecule has 0 bridgehead atoms. The fourth-order valence-electron chi connectivity index (χ4n) is 1.74. The van der Waals surface area contributed by atoms with Gasteiger partial charge in [0.2, 0.25) is 5.95 Å². The Morgan fingerprint density at radius 2 is 2.12 bits per heavy atom. The number of nitrogens with zero attached hydrogens (tertiary/aromatic N) is 2. The van der Waals surface area contributed by atoms with Crippen LogP contribution in [0.15, 0.2) is 30.5 Å². The number of aromatic nitrogens is 2. The Labute approximate surface area is 115 Å². The first-order valence-corrected chi connectivity index (χ1v) is 6.84. The molecule has 0 spiro atoms. The van der Waals surface area contributed by atoms with E-state index in [0.29, 0.717) is 0 Å². The molecule has 1 N–H and O–H groups in total. The number of para-hydroxylation sites is 1. The van der Waals surface area contributed by atoms with Crippen LogP contribution in [0.1, 0.15) is 19.0 Å². The zero-order chi connectivity index (χ0) is 12.3. The highest BCUT2D eigenvalue weighted by molar-refractivity contribution is 14.1. The van der Waals surface area contributed by atoms with Gasteiger partial charge in [-0.15, -0.1) is 0 Å². The molecule has 0 radical (unpaired) electrons. The van der Waals surface area contributed by atoms with Crippen LogP contribution in [0, 0.1) is 10.5 Å². The average molecular weight is 341 g/mol. The molecule has 2 aromatic rings. The second-order valence-corrected chi connectivity index (χ2v) is 5.17. The third-order valence-electron chi connectivity index (χ3n) is 2.48. The average Bonchev–Trinajstić information content (AvgIpc) is 2.63. The maximum atomic E-state index is 4.51. The Balaban J connectivity index is 2.26. The standard InChI is InChI=1S/C13H16IN3/c1-3-8-17-9-10(2)15-13(17)16-12-7-5-4-6-11(12)14/h4-7,9H,3,8H2,1-2H3,(H,15,16). The molecule has 0 aliphatic heterocycles. The van der Waals surface area contributed by atoms with Crippen LogP contribution < -0.4 is 5.32 Å². The van der Waals surface area contributed by atoms with E-state index < -0.39 is 0 Å². The molecule has 0 unspecified atom stereocenters. The van der Waals surface area contributed by atoms with Gasteiger partial charge in [0.15, 0.2) is 0 Å². The summed E-state index contributed by atoms with van der Waals surface area (Å²) >= 11 is 2.33. The van der Waals surface area contributed by atoms with Crippen molar-refractivity contribution in [1.29, 1.82) is 0 Å². The van der Waals surface area contributed by atoms with Crippen molar-refractivity contribution >= 4 is 34.2 Å². The first-order chi connectivity index (χ1) is 8.20. The third kappa shape index (κ3) is 3.00. The Morgan fingerprint density at radius 1 is 1.35 bits per heavy atom. The summed E-state index contributed by atoms with van der Waals surface area (Å²) in [5.74, 6) is 0.925.